The number of rotatable bonds is 3. The molecule has 1 saturated carbocycles. The van der Waals surface area contributed by atoms with Crippen molar-refractivity contribution in [1.29, 1.82) is 0 Å². The Hall–Kier alpha value is -1.62. The normalized spacial score (nSPS) is 22.0. The third kappa shape index (κ3) is 2.50. The number of nitrogens with zero attached hydrogens (tertiary/aromatic N) is 3. The van der Waals surface area contributed by atoms with Crippen molar-refractivity contribution in [1.82, 2.24) is 14.1 Å². The van der Waals surface area contributed by atoms with Gasteiger partial charge in [-0.25, -0.2) is 9.78 Å². The van der Waals surface area contributed by atoms with Gasteiger partial charge in [-0.05, 0) is 29.9 Å². The zero-order valence-corrected chi connectivity index (χ0v) is 13.1. The minimum absolute atomic E-state index is 0.0147. The van der Waals surface area contributed by atoms with E-state index in [2.05, 4.69) is 25.8 Å². The molecule has 3 rings (SSSR count). The van der Waals surface area contributed by atoms with Crippen LogP contribution in [0.25, 0.3) is 11.2 Å². The van der Waals surface area contributed by atoms with Crippen LogP contribution in [0, 0.1) is 11.3 Å². The molecule has 2 aromatic rings. The van der Waals surface area contributed by atoms with E-state index >= 15 is 0 Å². The fourth-order valence-corrected chi connectivity index (χ4v) is 2.93. The zero-order chi connectivity index (χ0) is 15.4. The van der Waals surface area contributed by atoms with Gasteiger partial charge in [0.2, 0.25) is 0 Å². The Morgan fingerprint density at radius 1 is 1.38 bits per heavy atom. The largest absolute Gasteiger partial charge is 0.396 e. The number of imidazole rings is 1. The second-order valence-corrected chi connectivity index (χ2v) is 7.35. The SMILES string of the molecule is Cn1c(=O)n(CC(C)(C)C)c2ccc([C@@H]3CC3CO)nc21. The van der Waals surface area contributed by atoms with E-state index in [0.717, 1.165) is 23.3 Å². The predicted molar refractivity (Wildman–Crippen MR) is 82.4 cm³/mol. The molecule has 21 heavy (non-hydrogen) atoms. The summed E-state index contributed by atoms with van der Waals surface area (Å²) in [6.45, 7) is 7.25. The molecule has 0 bridgehead atoms. The highest BCUT2D eigenvalue weighted by atomic mass is 16.3. The smallest absolute Gasteiger partial charge is 0.330 e. The van der Waals surface area contributed by atoms with Crippen molar-refractivity contribution in [3.8, 4) is 0 Å². The molecule has 2 heterocycles. The molecule has 0 spiro atoms. The lowest BCUT2D eigenvalue weighted by atomic mass is 9.97. The van der Waals surface area contributed by atoms with Crippen LogP contribution in [0.1, 0.15) is 38.8 Å². The van der Waals surface area contributed by atoms with E-state index in [4.69, 9.17) is 0 Å². The fraction of sp³-hybridized carbons (Fsp3) is 0.625. The van der Waals surface area contributed by atoms with Gasteiger partial charge in [0, 0.05) is 31.8 Å². The summed E-state index contributed by atoms with van der Waals surface area (Å²) in [6.07, 6.45) is 0.992. The maximum absolute atomic E-state index is 12.4. The first-order chi connectivity index (χ1) is 9.81. The van der Waals surface area contributed by atoms with E-state index in [1.54, 1.807) is 11.6 Å². The molecule has 2 aromatic heterocycles. The number of hydrogen-bond donors (Lipinski definition) is 1. The van der Waals surface area contributed by atoms with E-state index < -0.39 is 0 Å². The lowest BCUT2D eigenvalue weighted by Gasteiger charge is -2.18. The molecule has 114 valence electrons. The van der Waals surface area contributed by atoms with Crippen molar-refractivity contribution < 1.29 is 5.11 Å². The highest BCUT2D eigenvalue weighted by Gasteiger charge is 2.39. The van der Waals surface area contributed by atoms with Gasteiger partial charge in [-0.3, -0.25) is 9.13 Å². The van der Waals surface area contributed by atoms with Gasteiger partial charge >= 0.3 is 5.69 Å². The van der Waals surface area contributed by atoms with Gasteiger partial charge in [-0.1, -0.05) is 20.8 Å². The Morgan fingerprint density at radius 2 is 2.10 bits per heavy atom. The van der Waals surface area contributed by atoms with E-state index in [9.17, 15) is 9.90 Å². The van der Waals surface area contributed by atoms with Crippen molar-refractivity contribution in [3.63, 3.8) is 0 Å². The van der Waals surface area contributed by atoms with Gasteiger partial charge in [0.1, 0.15) is 0 Å². The van der Waals surface area contributed by atoms with Gasteiger partial charge < -0.3 is 5.11 Å². The minimum atomic E-state index is -0.0147. The lowest BCUT2D eigenvalue weighted by Crippen LogP contribution is -2.27. The lowest BCUT2D eigenvalue weighted by molar-refractivity contribution is 0.273. The van der Waals surface area contributed by atoms with Crippen LogP contribution in [0.2, 0.25) is 0 Å². The van der Waals surface area contributed by atoms with Crippen LogP contribution in [0.15, 0.2) is 16.9 Å². The molecule has 1 aliphatic rings. The molecule has 2 atom stereocenters. The van der Waals surface area contributed by atoms with Gasteiger partial charge in [0.25, 0.3) is 0 Å². The number of aryl methyl sites for hydroxylation is 1. The summed E-state index contributed by atoms with van der Waals surface area (Å²) in [4.78, 5) is 17.1. The molecule has 1 N–H and O–H groups in total. The second-order valence-electron chi connectivity index (χ2n) is 7.35. The van der Waals surface area contributed by atoms with Gasteiger partial charge in [-0.2, -0.15) is 0 Å². The Kier molecular flexibility index (Phi) is 3.20. The van der Waals surface area contributed by atoms with Crippen LogP contribution >= 0.6 is 0 Å². The molecule has 1 aliphatic carbocycles. The number of fused-ring (bicyclic) bond motifs is 1. The zero-order valence-electron chi connectivity index (χ0n) is 13.1. The van der Waals surface area contributed by atoms with Crippen molar-refractivity contribution in [2.45, 2.75) is 39.7 Å². The molecular weight excluding hydrogens is 266 g/mol. The van der Waals surface area contributed by atoms with Crippen LogP contribution in [-0.2, 0) is 13.6 Å². The van der Waals surface area contributed by atoms with E-state index in [-0.39, 0.29) is 17.7 Å². The van der Waals surface area contributed by atoms with E-state index in [0.29, 0.717) is 18.4 Å². The number of pyridine rings is 1. The molecule has 0 saturated heterocycles. The van der Waals surface area contributed by atoms with E-state index in [1.165, 1.54) is 0 Å². The summed E-state index contributed by atoms with van der Waals surface area (Å²) in [5, 5.41) is 9.19. The summed E-state index contributed by atoms with van der Waals surface area (Å²) in [7, 11) is 1.77. The average molecular weight is 289 g/mol. The van der Waals surface area contributed by atoms with Crippen LogP contribution in [0.5, 0.6) is 0 Å². The van der Waals surface area contributed by atoms with Crippen LogP contribution in [0.3, 0.4) is 0 Å². The number of aromatic nitrogens is 3. The van der Waals surface area contributed by atoms with E-state index in [1.807, 2.05) is 16.7 Å². The molecule has 0 aliphatic heterocycles. The fourth-order valence-electron chi connectivity index (χ4n) is 2.93. The van der Waals surface area contributed by atoms with Crippen LogP contribution in [-0.4, -0.2) is 25.8 Å². The van der Waals surface area contributed by atoms with Gasteiger partial charge in [-0.15, -0.1) is 0 Å². The average Bonchev–Trinajstić information content (AvgIpc) is 3.17. The second kappa shape index (κ2) is 4.70. The van der Waals surface area contributed by atoms with Gasteiger partial charge in [0.15, 0.2) is 5.65 Å². The maximum atomic E-state index is 12.4. The summed E-state index contributed by atoms with van der Waals surface area (Å²) in [5.41, 5.74) is 2.65. The molecule has 1 fully saturated rings. The van der Waals surface area contributed by atoms with Crippen molar-refractivity contribution in [2.75, 3.05) is 6.61 Å². The Morgan fingerprint density at radius 3 is 2.67 bits per heavy atom. The molecule has 0 amide bonds. The van der Waals surface area contributed by atoms with Crippen molar-refractivity contribution >= 4 is 11.2 Å². The first kappa shape index (κ1) is 14.3. The Labute approximate surface area is 124 Å². The first-order valence-electron chi connectivity index (χ1n) is 7.49. The molecule has 5 nitrogen and oxygen atoms in total. The highest BCUT2D eigenvalue weighted by Crippen LogP contribution is 2.46. The minimum Gasteiger partial charge on any atom is -0.396 e. The third-order valence-corrected chi connectivity index (χ3v) is 4.17. The predicted octanol–water partition coefficient (Wildman–Crippen LogP) is 1.88. The summed E-state index contributed by atoms with van der Waals surface area (Å²) in [5.74, 6) is 0.684. The monoisotopic (exact) mass is 289 g/mol. The first-order valence-corrected chi connectivity index (χ1v) is 7.49. The number of aliphatic hydroxyl groups is 1. The highest BCUT2D eigenvalue weighted by molar-refractivity contribution is 5.72. The molecule has 0 aromatic carbocycles. The quantitative estimate of drug-likeness (QED) is 0.938. The molecular formula is C16H23N3O2. The summed E-state index contributed by atoms with van der Waals surface area (Å²) < 4.78 is 3.43. The van der Waals surface area contributed by atoms with Gasteiger partial charge in [0.05, 0.1) is 5.52 Å². The van der Waals surface area contributed by atoms with Crippen molar-refractivity contribution in [2.24, 2.45) is 18.4 Å². The number of hydrogen-bond acceptors (Lipinski definition) is 3. The topological polar surface area (TPSA) is 60.0 Å². The Bertz CT molecular complexity index is 736. The molecule has 5 heteroatoms. The number of aliphatic hydroxyl groups excluding tert-OH is 1. The Balaban J connectivity index is 2.07. The van der Waals surface area contributed by atoms with Crippen LogP contribution in [0.4, 0.5) is 0 Å². The third-order valence-electron chi connectivity index (χ3n) is 4.17. The van der Waals surface area contributed by atoms with Crippen molar-refractivity contribution in [3.05, 3.63) is 28.3 Å². The van der Waals surface area contributed by atoms with Crippen LogP contribution < -0.4 is 5.69 Å². The summed E-state index contributed by atoms with van der Waals surface area (Å²) >= 11 is 0. The molecule has 1 unspecified atom stereocenters. The summed E-state index contributed by atoms with van der Waals surface area (Å²) in [6, 6.07) is 4.00. The standard InChI is InChI=1S/C16H23N3O2/c1-16(2,3)9-19-13-6-5-12(11-7-10(11)8-20)17-14(13)18(4)15(19)21/h5-6,10-11,20H,7-9H2,1-4H3/t10?,11-/m1/s1. The maximum Gasteiger partial charge on any atom is 0.330 e. The molecule has 0 radical (unpaired) electrons.